The summed E-state index contributed by atoms with van der Waals surface area (Å²) >= 11 is 1.54. The van der Waals surface area contributed by atoms with E-state index in [-0.39, 0.29) is 24.2 Å². The molecule has 1 aromatic rings. The summed E-state index contributed by atoms with van der Waals surface area (Å²) in [5, 5.41) is 3.63. The van der Waals surface area contributed by atoms with E-state index in [2.05, 4.69) is 33.2 Å². The fourth-order valence-corrected chi connectivity index (χ4v) is 11.3. The second kappa shape index (κ2) is 37.8. The molecule has 20 heteroatoms. The molecular formula is C47H87N5O12P2S. The molecular weight excluding hydrogens is 921 g/mol. The smallest absolute Gasteiger partial charge is 0.459 e. The average Bonchev–Trinajstić information content (AvgIpc) is 3.69. The van der Waals surface area contributed by atoms with Crippen molar-refractivity contribution in [2.45, 2.75) is 244 Å². The lowest BCUT2D eigenvalue weighted by Crippen LogP contribution is -2.33. The molecule has 0 saturated carbocycles. The van der Waals surface area contributed by atoms with Crippen molar-refractivity contribution >= 4 is 33.4 Å². The molecule has 0 aromatic carbocycles. The predicted octanol–water partition coefficient (Wildman–Crippen LogP) is 13.4. The Morgan fingerprint density at radius 2 is 1.25 bits per heavy atom. The normalized spacial score (nSPS) is 18.3. The Hall–Kier alpha value is -1.97. The van der Waals surface area contributed by atoms with Crippen molar-refractivity contribution in [2.24, 2.45) is 5.11 Å². The minimum atomic E-state index is -5.29. The zero-order valence-corrected chi connectivity index (χ0v) is 43.8. The number of rotatable bonds is 44. The Morgan fingerprint density at radius 1 is 0.791 bits per heavy atom. The lowest BCUT2D eigenvalue weighted by atomic mass is 10.0. The Labute approximate surface area is 405 Å². The summed E-state index contributed by atoms with van der Waals surface area (Å²) < 4.78 is 53.0. The highest BCUT2D eigenvalue weighted by Crippen LogP contribution is 2.60. The number of aryl methyl sites for hydroxylation is 1. The highest BCUT2D eigenvalue weighted by atomic mass is 32.2. The number of aromatic nitrogens is 2. The highest BCUT2D eigenvalue weighted by molar-refractivity contribution is 7.99. The summed E-state index contributed by atoms with van der Waals surface area (Å²) in [6, 6.07) is -0.974. The minimum Gasteiger partial charge on any atom is -0.459 e. The van der Waals surface area contributed by atoms with Gasteiger partial charge in [-0.05, 0) is 31.0 Å². The van der Waals surface area contributed by atoms with Gasteiger partial charge in [0, 0.05) is 35.3 Å². The third-order valence-corrected chi connectivity index (χ3v) is 15.9. The van der Waals surface area contributed by atoms with Crippen molar-refractivity contribution < 1.29 is 46.5 Å². The standard InChI is InChI=1S/C47H87N5O12P2S/c1-4-6-8-10-12-14-16-18-19-20-22-24-26-28-30-32-34-67-39-41(62-45(53)33-31-29-27-25-23-21-17-15-13-11-9-7-5-2)37-60-65(56,57)64-66(58,59)61-38-43-42(50-51-48)35-44(63-43)52-36-40(3)46(54)49-47(52)55/h36,41-44H,4-35,37-39H2,1-3H3,(H,56,57)(H,58,59)(H,49,54,55). The molecule has 0 radical (unpaired) electrons. The molecule has 1 fully saturated rings. The van der Waals surface area contributed by atoms with E-state index >= 15 is 0 Å². The third kappa shape index (κ3) is 30.4. The molecule has 388 valence electrons. The molecule has 0 amide bonds. The van der Waals surface area contributed by atoms with Gasteiger partial charge in [-0.15, -0.1) is 0 Å². The first kappa shape index (κ1) is 61.2. The van der Waals surface area contributed by atoms with Gasteiger partial charge in [0.15, 0.2) is 0 Å². The molecule has 17 nitrogen and oxygen atoms in total. The van der Waals surface area contributed by atoms with Crippen LogP contribution in [0.15, 0.2) is 20.9 Å². The second-order valence-electron chi connectivity index (χ2n) is 18.2. The largest absolute Gasteiger partial charge is 0.481 e. The van der Waals surface area contributed by atoms with Crippen LogP contribution in [0.2, 0.25) is 0 Å². The van der Waals surface area contributed by atoms with Gasteiger partial charge in [-0.25, -0.2) is 13.9 Å². The molecule has 3 N–H and O–H groups in total. The van der Waals surface area contributed by atoms with Crippen LogP contribution >= 0.6 is 27.4 Å². The fraction of sp³-hybridized carbons (Fsp3) is 0.894. The molecule has 1 saturated heterocycles. The fourth-order valence-electron chi connectivity index (χ4n) is 8.16. The lowest BCUT2D eigenvalue weighted by molar-refractivity contribution is -0.149. The molecule has 0 aliphatic carbocycles. The monoisotopic (exact) mass is 1010 g/mol. The van der Waals surface area contributed by atoms with Crippen LogP contribution in [-0.4, -0.2) is 68.3 Å². The Morgan fingerprint density at radius 3 is 1.75 bits per heavy atom. The van der Waals surface area contributed by atoms with Gasteiger partial charge in [0.05, 0.1) is 25.4 Å². The number of esters is 1. The average molecular weight is 1010 g/mol. The summed E-state index contributed by atoms with van der Waals surface area (Å²) in [7, 11) is -10.5. The second-order valence-corrected chi connectivity index (χ2v) is 22.4. The number of azide groups is 1. The zero-order valence-electron chi connectivity index (χ0n) is 41.2. The van der Waals surface area contributed by atoms with E-state index in [1.165, 1.54) is 154 Å². The van der Waals surface area contributed by atoms with Gasteiger partial charge in [0.1, 0.15) is 12.3 Å². The number of hydrogen-bond acceptors (Lipinski definition) is 12. The number of nitrogens with zero attached hydrogens (tertiary/aromatic N) is 4. The van der Waals surface area contributed by atoms with Crippen LogP contribution in [0.3, 0.4) is 0 Å². The number of phosphoric ester groups is 2. The molecule has 6 atom stereocenters. The first-order valence-corrected chi connectivity index (χ1v) is 29.9. The van der Waals surface area contributed by atoms with Crippen LogP contribution in [0, 0.1) is 6.92 Å². The summed E-state index contributed by atoms with van der Waals surface area (Å²) in [6.07, 6.45) is 34.0. The first-order chi connectivity index (χ1) is 32.3. The van der Waals surface area contributed by atoms with Crippen molar-refractivity contribution in [3.8, 4) is 0 Å². The molecule has 2 heterocycles. The molecule has 0 bridgehead atoms. The summed E-state index contributed by atoms with van der Waals surface area (Å²) in [4.78, 5) is 63.0. The van der Waals surface area contributed by atoms with Crippen molar-refractivity contribution in [2.75, 3.05) is 24.7 Å². The number of ether oxygens (including phenoxy) is 2. The van der Waals surface area contributed by atoms with Crippen LogP contribution in [0.5, 0.6) is 0 Å². The lowest BCUT2D eigenvalue weighted by Gasteiger charge is -2.22. The van der Waals surface area contributed by atoms with Gasteiger partial charge in [0.2, 0.25) is 0 Å². The highest BCUT2D eigenvalue weighted by Gasteiger charge is 2.41. The van der Waals surface area contributed by atoms with Crippen molar-refractivity contribution in [1.82, 2.24) is 9.55 Å². The Balaban J connectivity index is 1.80. The van der Waals surface area contributed by atoms with Gasteiger partial charge in [-0.1, -0.05) is 192 Å². The Kier molecular flexibility index (Phi) is 34.5. The van der Waals surface area contributed by atoms with Crippen LogP contribution in [0.1, 0.15) is 225 Å². The number of carbonyl (C=O) groups excluding carboxylic acids is 1. The number of hydrogen-bond donors (Lipinski definition) is 3. The van der Waals surface area contributed by atoms with Crippen LogP contribution in [0.4, 0.5) is 0 Å². The van der Waals surface area contributed by atoms with E-state index in [0.717, 1.165) is 48.8 Å². The predicted molar refractivity (Wildman–Crippen MR) is 267 cm³/mol. The van der Waals surface area contributed by atoms with E-state index in [4.69, 9.17) is 24.1 Å². The molecule has 2 rings (SSSR count). The van der Waals surface area contributed by atoms with Crippen LogP contribution < -0.4 is 11.2 Å². The van der Waals surface area contributed by atoms with Gasteiger partial charge in [-0.3, -0.25) is 28.2 Å². The number of H-pyrrole nitrogens is 1. The van der Waals surface area contributed by atoms with Gasteiger partial charge < -0.3 is 19.3 Å². The Bertz CT molecular complexity index is 1730. The van der Waals surface area contributed by atoms with E-state index in [0.29, 0.717) is 6.42 Å². The van der Waals surface area contributed by atoms with E-state index in [1.807, 2.05) is 0 Å². The maximum Gasteiger partial charge on any atom is 0.481 e. The molecule has 0 spiro atoms. The van der Waals surface area contributed by atoms with Crippen LogP contribution in [0.25, 0.3) is 10.4 Å². The number of aromatic amines is 1. The van der Waals surface area contributed by atoms with E-state index in [1.54, 1.807) is 11.8 Å². The van der Waals surface area contributed by atoms with Crippen molar-refractivity contribution in [3.05, 3.63) is 43.0 Å². The molecule has 1 aliphatic heterocycles. The topological polar surface area (TPSA) is 241 Å². The van der Waals surface area contributed by atoms with E-state index in [9.17, 15) is 33.3 Å². The summed E-state index contributed by atoms with van der Waals surface area (Å²) in [5.74, 6) is 0.638. The minimum absolute atomic E-state index is 0.0430. The van der Waals surface area contributed by atoms with E-state index < -0.39 is 70.6 Å². The summed E-state index contributed by atoms with van der Waals surface area (Å²) in [5.41, 5.74) is 7.93. The van der Waals surface area contributed by atoms with Crippen LogP contribution in [-0.2, 0) is 36.8 Å². The molecule has 67 heavy (non-hydrogen) atoms. The van der Waals surface area contributed by atoms with Crippen molar-refractivity contribution in [1.29, 1.82) is 0 Å². The number of phosphoric acid groups is 2. The quantitative estimate of drug-likeness (QED) is 0.0138. The molecule has 6 unspecified atom stereocenters. The maximum atomic E-state index is 13.0. The third-order valence-electron chi connectivity index (χ3n) is 12.1. The first-order valence-electron chi connectivity index (χ1n) is 25.8. The summed E-state index contributed by atoms with van der Waals surface area (Å²) in [6.45, 7) is 4.67. The number of thioether (sulfide) groups is 1. The maximum absolute atomic E-state index is 13.0. The zero-order chi connectivity index (χ0) is 49.0. The number of carbonyl (C=O) groups is 1. The molecule has 1 aliphatic rings. The van der Waals surface area contributed by atoms with Gasteiger partial charge in [-0.2, -0.15) is 16.1 Å². The molecule has 1 aromatic heterocycles. The van der Waals surface area contributed by atoms with Gasteiger partial charge in [0.25, 0.3) is 5.56 Å². The number of unbranched alkanes of at least 4 members (excludes halogenated alkanes) is 27. The SMILES string of the molecule is CCCCCCCCCCCCCCCCCCSCC(COP(=O)(O)OP(=O)(O)OCC1OC(n2cc(C)c(=O)[nH]c2=O)CC1N=[N+]=[N-])OC(=O)CCCCCCCCCCCCCCC. The number of nitrogens with one attached hydrogen (secondary N) is 1. The van der Waals surface area contributed by atoms with Crippen molar-refractivity contribution in [3.63, 3.8) is 0 Å². The van der Waals surface area contributed by atoms with Gasteiger partial charge >= 0.3 is 27.3 Å².